The first kappa shape index (κ1) is 10.2. The Labute approximate surface area is 102 Å². The second-order valence-electron chi connectivity index (χ2n) is 4.43. The fourth-order valence-electron chi connectivity index (χ4n) is 2.37. The van der Waals surface area contributed by atoms with E-state index in [9.17, 15) is 0 Å². The number of anilines is 2. The van der Waals surface area contributed by atoms with Crippen LogP contribution in [-0.4, -0.2) is 7.05 Å². The van der Waals surface area contributed by atoms with Crippen LogP contribution in [0.1, 0.15) is 11.1 Å². The van der Waals surface area contributed by atoms with E-state index in [1.165, 1.54) is 22.5 Å². The zero-order valence-corrected chi connectivity index (χ0v) is 9.98. The predicted molar refractivity (Wildman–Crippen MR) is 72.3 cm³/mol. The Kier molecular flexibility index (Phi) is 2.48. The maximum atomic E-state index is 3.19. The molecule has 0 unspecified atom stereocenters. The first-order valence-corrected chi connectivity index (χ1v) is 5.96. The maximum Gasteiger partial charge on any atom is 0.0437 e. The van der Waals surface area contributed by atoms with E-state index in [1.807, 2.05) is 7.05 Å². The molecular formula is C15H16N2. The quantitative estimate of drug-likeness (QED) is 0.842. The summed E-state index contributed by atoms with van der Waals surface area (Å²) < 4.78 is 0. The van der Waals surface area contributed by atoms with Crippen LogP contribution in [0.25, 0.3) is 0 Å². The molecule has 0 saturated carbocycles. The van der Waals surface area contributed by atoms with Gasteiger partial charge in [-0.05, 0) is 35.4 Å². The van der Waals surface area contributed by atoms with Crippen LogP contribution in [0.2, 0.25) is 0 Å². The van der Waals surface area contributed by atoms with Crippen molar-refractivity contribution in [1.82, 2.24) is 0 Å². The fraction of sp³-hybridized carbons (Fsp3) is 0.200. The van der Waals surface area contributed by atoms with Gasteiger partial charge in [-0.3, -0.25) is 0 Å². The van der Waals surface area contributed by atoms with E-state index >= 15 is 0 Å². The molecule has 86 valence electrons. The lowest BCUT2D eigenvalue weighted by molar-refractivity contribution is 0.880. The van der Waals surface area contributed by atoms with E-state index in [-0.39, 0.29) is 0 Å². The summed E-state index contributed by atoms with van der Waals surface area (Å²) in [5.74, 6) is 0. The number of para-hydroxylation sites is 1. The van der Waals surface area contributed by atoms with Gasteiger partial charge in [-0.25, -0.2) is 0 Å². The molecule has 0 amide bonds. The minimum Gasteiger partial charge on any atom is -0.388 e. The summed E-state index contributed by atoms with van der Waals surface area (Å²) in [6, 6.07) is 17.2. The van der Waals surface area contributed by atoms with Crippen molar-refractivity contribution in [1.29, 1.82) is 0 Å². The van der Waals surface area contributed by atoms with Crippen LogP contribution in [0.4, 0.5) is 11.4 Å². The highest BCUT2D eigenvalue weighted by Crippen LogP contribution is 2.29. The summed E-state index contributed by atoms with van der Waals surface area (Å²) in [7, 11) is 1.96. The Hall–Kier alpha value is -1.96. The molecule has 1 N–H and O–H groups in total. The predicted octanol–water partition coefficient (Wildman–Crippen LogP) is 3.25. The van der Waals surface area contributed by atoms with Crippen LogP contribution in [0, 0.1) is 0 Å². The zero-order valence-electron chi connectivity index (χ0n) is 9.98. The van der Waals surface area contributed by atoms with Crippen LogP contribution in [0.3, 0.4) is 0 Å². The molecule has 1 heterocycles. The van der Waals surface area contributed by atoms with Crippen LogP contribution < -0.4 is 10.2 Å². The molecule has 0 aliphatic carbocycles. The van der Waals surface area contributed by atoms with Gasteiger partial charge >= 0.3 is 0 Å². The Bertz CT molecular complexity index is 520. The molecule has 2 aromatic carbocycles. The lowest BCUT2D eigenvalue weighted by Gasteiger charge is -2.17. The van der Waals surface area contributed by atoms with E-state index in [0.29, 0.717) is 0 Å². The summed E-state index contributed by atoms with van der Waals surface area (Å²) in [5.41, 5.74) is 5.36. The van der Waals surface area contributed by atoms with E-state index in [4.69, 9.17) is 0 Å². The second-order valence-corrected chi connectivity index (χ2v) is 4.43. The number of nitrogens with zero attached hydrogens (tertiary/aromatic N) is 1. The van der Waals surface area contributed by atoms with Gasteiger partial charge in [0.25, 0.3) is 0 Å². The zero-order chi connectivity index (χ0) is 11.7. The molecule has 2 aromatic rings. The van der Waals surface area contributed by atoms with Gasteiger partial charge in [-0.15, -0.1) is 0 Å². The smallest absolute Gasteiger partial charge is 0.0437 e. The Morgan fingerprint density at radius 2 is 1.71 bits per heavy atom. The van der Waals surface area contributed by atoms with Crippen molar-refractivity contribution >= 4 is 11.4 Å². The maximum absolute atomic E-state index is 3.19. The van der Waals surface area contributed by atoms with Crippen molar-refractivity contribution < 1.29 is 0 Å². The number of rotatable bonds is 2. The van der Waals surface area contributed by atoms with Gasteiger partial charge in [0.05, 0.1) is 0 Å². The minimum atomic E-state index is 1.01. The van der Waals surface area contributed by atoms with E-state index < -0.39 is 0 Å². The van der Waals surface area contributed by atoms with E-state index in [0.717, 1.165) is 13.1 Å². The van der Waals surface area contributed by atoms with Crippen molar-refractivity contribution in [2.45, 2.75) is 13.1 Å². The van der Waals surface area contributed by atoms with Crippen LogP contribution in [-0.2, 0) is 13.1 Å². The molecule has 0 saturated heterocycles. The number of fused-ring (bicyclic) bond motifs is 1. The third-order valence-electron chi connectivity index (χ3n) is 3.34. The highest BCUT2D eigenvalue weighted by Gasteiger charge is 2.18. The van der Waals surface area contributed by atoms with Gasteiger partial charge in [0.2, 0.25) is 0 Å². The third kappa shape index (κ3) is 1.86. The van der Waals surface area contributed by atoms with Crippen molar-refractivity contribution in [2.24, 2.45) is 0 Å². The molecular weight excluding hydrogens is 208 g/mol. The average molecular weight is 224 g/mol. The van der Waals surface area contributed by atoms with E-state index in [2.05, 4.69) is 58.7 Å². The molecule has 2 nitrogen and oxygen atoms in total. The molecule has 0 spiro atoms. The fourth-order valence-corrected chi connectivity index (χ4v) is 2.37. The van der Waals surface area contributed by atoms with Crippen molar-refractivity contribution in [3.63, 3.8) is 0 Å². The Morgan fingerprint density at radius 1 is 0.941 bits per heavy atom. The third-order valence-corrected chi connectivity index (χ3v) is 3.34. The molecule has 3 rings (SSSR count). The Balaban J connectivity index is 1.88. The number of nitrogens with one attached hydrogen (secondary N) is 1. The summed E-state index contributed by atoms with van der Waals surface area (Å²) in [6.45, 7) is 2.03. The molecule has 2 heteroatoms. The van der Waals surface area contributed by atoms with Gasteiger partial charge in [-0.1, -0.05) is 24.3 Å². The topological polar surface area (TPSA) is 15.3 Å². The second kappa shape index (κ2) is 4.13. The molecule has 0 bridgehead atoms. The van der Waals surface area contributed by atoms with Gasteiger partial charge in [0.1, 0.15) is 0 Å². The highest BCUT2D eigenvalue weighted by atomic mass is 15.1. The van der Waals surface area contributed by atoms with Crippen LogP contribution in [0.5, 0.6) is 0 Å². The summed E-state index contributed by atoms with van der Waals surface area (Å²) >= 11 is 0. The lowest BCUT2D eigenvalue weighted by Crippen LogP contribution is -2.13. The summed E-state index contributed by atoms with van der Waals surface area (Å²) in [5, 5.41) is 3.19. The largest absolute Gasteiger partial charge is 0.388 e. The number of hydrogen-bond acceptors (Lipinski definition) is 2. The molecule has 17 heavy (non-hydrogen) atoms. The van der Waals surface area contributed by atoms with E-state index in [1.54, 1.807) is 0 Å². The summed E-state index contributed by atoms with van der Waals surface area (Å²) in [6.07, 6.45) is 0. The average Bonchev–Trinajstić information content (AvgIpc) is 2.82. The normalized spacial score (nSPS) is 13.6. The Morgan fingerprint density at radius 3 is 2.47 bits per heavy atom. The first-order valence-electron chi connectivity index (χ1n) is 5.96. The first-order chi connectivity index (χ1) is 8.36. The van der Waals surface area contributed by atoms with Gasteiger partial charge in [0.15, 0.2) is 0 Å². The molecule has 0 atom stereocenters. The molecule has 0 aromatic heterocycles. The number of benzene rings is 2. The van der Waals surface area contributed by atoms with Crippen LogP contribution >= 0.6 is 0 Å². The molecule has 1 aliphatic rings. The standard InChI is InChI=1S/C15H16N2/c1-16-14-8-7-12-10-17(11-13(12)9-14)15-5-3-2-4-6-15/h2-9,16H,10-11H2,1H3. The minimum absolute atomic E-state index is 1.01. The van der Waals surface area contributed by atoms with Crippen molar-refractivity contribution in [3.05, 3.63) is 59.7 Å². The highest BCUT2D eigenvalue weighted by molar-refractivity contribution is 5.56. The SMILES string of the molecule is CNc1ccc2c(c1)CN(c1ccccc1)C2. The van der Waals surface area contributed by atoms with Crippen molar-refractivity contribution in [2.75, 3.05) is 17.3 Å². The molecule has 0 radical (unpaired) electrons. The molecule has 0 fully saturated rings. The van der Waals surface area contributed by atoms with Gasteiger partial charge < -0.3 is 10.2 Å². The van der Waals surface area contributed by atoms with Crippen molar-refractivity contribution in [3.8, 4) is 0 Å². The monoisotopic (exact) mass is 224 g/mol. The molecule has 1 aliphatic heterocycles. The van der Waals surface area contributed by atoms with Gasteiger partial charge in [-0.2, -0.15) is 0 Å². The summed E-state index contributed by atoms with van der Waals surface area (Å²) in [4.78, 5) is 2.41. The van der Waals surface area contributed by atoms with Gasteiger partial charge in [0, 0.05) is 31.5 Å². The van der Waals surface area contributed by atoms with Crippen LogP contribution in [0.15, 0.2) is 48.5 Å². The number of hydrogen-bond donors (Lipinski definition) is 1. The lowest BCUT2D eigenvalue weighted by atomic mass is 10.1.